The molecule has 0 fully saturated rings. The molecule has 2 aromatic rings. The first-order chi connectivity index (χ1) is 9.10. The summed E-state index contributed by atoms with van der Waals surface area (Å²) in [5.74, 6) is 0.0677. The van der Waals surface area contributed by atoms with Crippen molar-refractivity contribution in [1.82, 2.24) is 0 Å². The highest BCUT2D eigenvalue weighted by Crippen LogP contribution is 2.26. The second kappa shape index (κ2) is 5.63. The Kier molecular flexibility index (Phi) is 3.93. The summed E-state index contributed by atoms with van der Waals surface area (Å²) in [6, 6.07) is 11.7. The fourth-order valence-electron chi connectivity index (χ4n) is 1.62. The van der Waals surface area contributed by atoms with Crippen LogP contribution in [0.3, 0.4) is 0 Å². The second-order valence-electron chi connectivity index (χ2n) is 3.97. The van der Waals surface area contributed by atoms with Gasteiger partial charge in [-0.25, -0.2) is 0 Å². The summed E-state index contributed by atoms with van der Waals surface area (Å²) >= 11 is 3.38. The third kappa shape index (κ3) is 3.18. The van der Waals surface area contributed by atoms with Crippen molar-refractivity contribution in [3.63, 3.8) is 0 Å². The maximum Gasteiger partial charge on any atom is 0.124 e. The van der Waals surface area contributed by atoms with Crippen LogP contribution in [0.2, 0.25) is 0 Å². The minimum atomic E-state index is 0.0285. The SMILES string of the molecule is N#Cc1ccc(NCc2ccc(O)cc2O)c(Br)c1. The molecule has 0 atom stereocenters. The molecule has 0 aliphatic heterocycles. The van der Waals surface area contributed by atoms with Crippen molar-refractivity contribution in [3.8, 4) is 17.6 Å². The first-order valence-electron chi connectivity index (χ1n) is 5.54. The van der Waals surface area contributed by atoms with Crippen LogP contribution in [0.1, 0.15) is 11.1 Å². The van der Waals surface area contributed by atoms with Crippen molar-refractivity contribution in [2.24, 2.45) is 0 Å². The van der Waals surface area contributed by atoms with E-state index in [0.29, 0.717) is 17.7 Å². The number of rotatable bonds is 3. The van der Waals surface area contributed by atoms with Gasteiger partial charge in [0.05, 0.1) is 11.6 Å². The number of phenols is 2. The standard InChI is InChI=1S/C14H11BrN2O2/c15-12-5-9(7-16)1-4-13(12)17-8-10-2-3-11(18)6-14(10)19/h1-6,17-19H,8H2. The number of hydrogen-bond donors (Lipinski definition) is 3. The van der Waals surface area contributed by atoms with Gasteiger partial charge in [0.2, 0.25) is 0 Å². The summed E-state index contributed by atoms with van der Waals surface area (Å²) in [5, 5.41) is 30.8. The Labute approximate surface area is 119 Å². The normalized spacial score (nSPS) is 9.89. The summed E-state index contributed by atoms with van der Waals surface area (Å²) < 4.78 is 0.782. The van der Waals surface area contributed by atoms with Gasteiger partial charge in [0.15, 0.2) is 0 Å². The Morgan fingerprint density at radius 3 is 2.58 bits per heavy atom. The van der Waals surface area contributed by atoms with E-state index in [1.165, 1.54) is 12.1 Å². The Bertz CT molecular complexity index is 650. The average Bonchev–Trinajstić information content (AvgIpc) is 2.39. The van der Waals surface area contributed by atoms with E-state index in [0.717, 1.165) is 10.2 Å². The Hall–Kier alpha value is -2.19. The van der Waals surface area contributed by atoms with Gasteiger partial charge < -0.3 is 15.5 Å². The van der Waals surface area contributed by atoms with Gasteiger partial charge in [-0.3, -0.25) is 0 Å². The molecule has 19 heavy (non-hydrogen) atoms. The fraction of sp³-hybridized carbons (Fsp3) is 0.0714. The zero-order chi connectivity index (χ0) is 13.8. The third-order valence-corrected chi connectivity index (χ3v) is 3.29. The highest BCUT2D eigenvalue weighted by atomic mass is 79.9. The number of halogens is 1. The molecule has 0 heterocycles. The van der Waals surface area contributed by atoms with Crippen LogP contribution in [0.4, 0.5) is 5.69 Å². The highest BCUT2D eigenvalue weighted by Gasteiger charge is 2.04. The molecule has 2 aromatic carbocycles. The average molecular weight is 319 g/mol. The quantitative estimate of drug-likeness (QED) is 0.811. The molecule has 4 nitrogen and oxygen atoms in total. The largest absolute Gasteiger partial charge is 0.508 e. The van der Waals surface area contributed by atoms with Crippen LogP contribution in [-0.4, -0.2) is 10.2 Å². The molecule has 2 rings (SSSR count). The number of nitriles is 1. The Morgan fingerprint density at radius 2 is 1.95 bits per heavy atom. The zero-order valence-corrected chi connectivity index (χ0v) is 11.5. The van der Waals surface area contributed by atoms with Crippen molar-refractivity contribution in [2.45, 2.75) is 6.54 Å². The van der Waals surface area contributed by atoms with Crippen LogP contribution >= 0.6 is 15.9 Å². The van der Waals surface area contributed by atoms with Crippen LogP contribution in [-0.2, 0) is 6.54 Å². The molecule has 96 valence electrons. The van der Waals surface area contributed by atoms with Crippen molar-refractivity contribution in [2.75, 3.05) is 5.32 Å². The lowest BCUT2D eigenvalue weighted by Gasteiger charge is -2.10. The van der Waals surface area contributed by atoms with Crippen LogP contribution in [0.5, 0.6) is 11.5 Å². The molecular weight excluding hydrogens is 308 g/mol. The van der Waals surface area contributed by atoms with Gasteiger partial charge >= 0.3 is 0 Å². The fourth-order valence-corrected chi connectivity index (χ4v) is 2.14. The summed E-state index contributed by atoms with van der Waals surface area (Å²) in [6.45, 7) is 0.413. The van der Waals surface area contributed by atoms with Gasteiger partial charge in [0, 0.05) is 28.3 Å². The summed E-state index contributed by atoms with van der Waals surface area (Å²) in [7, 11) is 0. The molecule has 0 radical (unpaired) electrons. The monoisotopic (exact) mass is 318 g/mol. The smallest absolute Gasteiger partial charge is 0.124 e. The highest BCUT2D eigenvalue weighted by molar-refractivity contribution is 9.10. The van der Waals surface area contributed by atoms with Gasteiger partial charge in [0.25, 0.3) is 0 Å². The van der Waals surface area contributed by atoms with Crippen molar-refractivity contribution < 1.29 is 10.2 Å². The third-order valence-electron chi connectivity index (χ3n) is 2.64. The van der Waals surface area contributed by atoms with E-state index in [2.05, 4.69) is 27.3 Å². The summed E-state index contributed by atoms with van der Waals surface area (Å²) in [5.41, 5.74) is 2.07. The maximum atomic E-state index is 9.67. The lowest BCUT2D eigenvalue weighted by molar-refractivity contribution is 0.446. The molecular formula is C14H11BrN2O2. The topological polar surface area (TPSA) is 76.3 Å². The number of nitrogens with zero attached hydrogens (tertiary/aromatic N) is 1. The minimum Gasteiger partial charge on any atom is -0.508 e. The van der Waals surface area contributed by atoms with Crippen LogP contribution in [0.15, 0.2) is 40.9 Å². The van der Waals surface area contributed by atoms with Gasteiger partial charge in [0.1, 0.15) is 11.5 Å². The predicted octanol–water partition coefficient (Wildman–Crippen LogP) is 3.34. The van der Waals surface area contributed by atoms with Crippen LogP contribution in [0.25, 0.3) is 0 Å². The molecule has 0 saturated carbocycles. The number of anilines is 1. The van der Waals surface area contributed by atoms with Crippen molar-refractivity contribution in [1.29, 1.82) is 5.26 Å². The van der Waals surface area contributed by atoms with E-state index in [4.69, 9.17) is 5.26 Å². The number of benzene rings is 2. The van der Waals surface area contributed by atoms with E-state index in [1.807, 2.05) is 0 Å². The first-order valence-corrected chi connectivity index (χ1v) is 6.34. The first kappa shape index (κ1) is 13.2. The van der Waals surface area contributed by atoms with Crippen molar-refractivity contribution >= 4 is 21.6 Å². The van der Waals surface area contributed by atoms with E-state index in [1.54, 1.807) is 24.3 Å². The van der Waals surface area contributed by atoms with Crippen LogP contribution < -0.4 is 5.32 Å². The Morgan fingerprint density at radius 1 is 1.16 bits per heavy atom. The molecule has 0 saturated heterocycles. The van der Waals surface area contributed by atoms with E-state index in [9.17, 15) is 10.2 Å². The number of nitrogens with one attached hydrogen (secondary N) is 1. The number of aromatic hydroxyl groups is 2. The Balaban J connectivity index is 2.13. The number of hydrogen-bond acceptors (Lipinski definition) is 4. The van der Waals surface area contributed by atoms with Crippen molar-refractivity contribution in [3.05, 3.63) is 52.0 Å². The molecule has 0 aromatic heterocycles. The molecule has 5 heteroatoms. The molecule has 0 unspecified atom stereocenters. The summed E-state index contributed by atoms with van der Waals surface area (Å²) in [4.78, 5) is 0. The van der Waals surface area contributed by atoms with Gasteiger partial charge in [-0.1, -0.05) is 0 Å². The van der Waals surface area contributed by atoms with Crippen LogP contribution in [0, 0.1) is 11.3 Å². The molecule has 0 aliphatic carbocycles. The van der Waals surface area contributed by atoms with Gasteiger partial charge in [-0.05, 0) is 46.3 Å². The van der Waals surface area contributed by atoms with Gasteiger partial charge in [-0.2, -0.15) is 5.26 Å². The van der Waals surface area contributed by atoms with Gasteiger partial charge in [-0.15, -0.1) is 0 Å². The number of phenolic OH excluding ortho intramolecular Hbond substituents is 2. The lowest BCUT2D eigenvalue weighted by Crippen LogP contribution is -2.00. The second-order valence-corrected chi connectivity index (χ2v) is 4.83. The zero-order valence-electron chi connectivity index (χ0n) is 9.89. The van der Waals surface area contributed by atoms with E-state index < -0.39 is 0 Å². The minimum absolute atomic E-state index is 0.0285. The summed E-state index contributed by atoms with van der Waals surface area (Å²) in [6.07, 6.45) is 0. The van der Waals surface area contributed by atoms with E-state index in [-0.39, 0.29) is 11.5 Å². The maximum absolute atomic E-state index is 9.67. The lowest BCUT2D eigenvalue weighted by atomic mass is 10.1. The van der Waals surface area contributed by atoms with E-state index >= 15 is 0 Å². The molecule has 3 N–H and O–H groups in total. The molecule has 0 bridgehead atoms. The molecule has 0 aliphatic rings. The molecule has 0 amide bonds. The molecule has 0 spiro atoms. The predicted molar refractivity (Wildman–Crippen MR) is 76.0 cm³/mol.